The first-order valence-corrected chi connectivity index (χ1v) is 6.31. The number of aliphatic hydroxyl groups excluding tert-OH is 1. The lowest BCUT2D eigenvalue weighted by Gasteiger charge is -2.15. The van der Waals surface area contributed by atoms with E-state index in [4.69, 9.17) is 5.11 Å². The predicted molar refractivity (Wildman–Crippen MR) is 64.9 cm³/mol. The number of rotatable bonds is 8. The minimum Gasteiger partial charge on any atom is -0.396 e. The molecule has 2 nitrogen and oxygen atoms in total. The van der Waals surface area contributed by atoms with Gasteiger partial charge in [-0.05, 0) is 51.1 Å². The zero-order valence-corrected chi connectivity index (χ0v) is 9.83. The van der Waals surface area contributed by atoms with Crippen LogP contribution in [-0.2, 0) is 0 Å². The van der Waals surface area contributed by atoms with Crippen LogP contribution in [0, 0.1) is 5.92 Å². The van der Waals surface area contributed by atoms with Gasteiger partial charge < -0.3 is 10.0 Å². The van der Waals surface area contributed by atoms with Gasteiger partial charge in [0.1, 0.15) is 0 Å². The van der Waals surface area contributed by atoms with Gasteiger partial charge in [0, 0.05) is 13.2 Å². The lowest BCUT2D eigenvalue weighted by molar-refractivity contribution is 0.250. The number of allylic oxidation sites excluding steroid dienone is 1. The smallest absolute Gasteiger partial charge is 0.0434 e. The van der Waals surface area contributed by atoms with Crippen molar-refractivity contribution in [1.29, 1.82) is 0 Å². The Bertz CT molecular complexity index is 170. The first-order chi connectivity index (χ1) is 7.36. The third-order valence-corrected chi connectivity index (χ3v) is 3.29. The van der Waals surface area contributed by atoms with Crippen molar-refractivity contribution in [3.8, 4) is 0 Å². The second-order valence-corrected chi connectivity index (χ2v) is 4.61. The first-order valence-electron chi connectivity index (χ1n) is 6.31. The normalized spacial score (nSPS) is 22.1. The number of likely N-dealkylation sites (tertiary alicyclic amines) is 1. The van der Waals surface area contributed by atoms with Crippen LogP contribution in [0.15, 0.2) is 12.7 Å². The highest BCUT2D eigenvalue weighted by atomic mass is 16.3. The molecule has 1 heterocycles. The van der Waals surface area contributed by atoms with E-state index >= 15 is 0 Å². The molecule has 0 amide bonds. The molecule has 1 N–H and O–H groups in total. The largest absolute Gasteiger partial charge is 0.396 e. The number of hydrogen-bond acceptors (Lipinski definition) is 2. The standard InChI is InChI=1S/C13H25NO/c1-2-3-4-5-6-9-14-10-7-13(12-14)8-11-15/h2,13,15H,1,3-12H2. The Kier molecular flexibility index (Phi) is 6.69. The van der Waals surface area contributed by atoms with E-state index in [0.29, 0.717) is 6.61 Å². The summed E-state index contributed by atoms with van der Waals surface area (Å²) in [5.74, 6) is 0.753. The van der Waals surface area contributed by atoms with Crippen molar-refractivity contribution in [2.75, 3.05) is 26.2 Å². The summed E-state index contributed by atoms with van der Waals surface area (Å²) in [6.45, 7) is 7.79. The quantitative estimate of drug-likeness (QED) is 0.492. The molecule has 0 radical (unpaired) electrons. The molecule has 0 aromatic rings. The minimum atomic E-state index is 0.359. The van der Waals surface area contributed by atoms with E-state index in [0.717, 1.165) is 18.8 Å². The fraction of sp³-hybridized carbons (Fsp3) is 0.846. The average Bonchev–Trinajstić information content (AvgIpc) is 2.66. The summed E-state index contributed by atoms with van der Waals surface area (Å²) >= 11 is 0. The molecule has 1 saturated heterocycles. The highest BCUT2D eigenvalue weighted by molar-refractivity contribution is 4.75. The molecule has 2 heteroatoms. The SMILES string of the molecule is C=CCCCCCN1CCC(CCO)C1. The summed E-state index contributed by atoms with van der Waals surface area (Å²) in [6.07, 6.45) is 9.38. The van der Waals surface area contributed by atoms with Crippen LogP contribution in [-0.4, -0.2) is 36.2 Å². The Morgan fingerprint density at radius 2 is 2.20 bits per heavy atom. The van der Waals surface area contributed by atoms with Crippen molar-refractivity contribution in [1.82, 2.24) is 4.90 Å². The summed E-state index contributed by atoms with van der Waals surface area (Å²) in [5.41, 5.74) is 0. The van der Waals surface area contributed by atoms with Gasteiger partial charge in [-0.3, -0.25) is 0 Å². The molecular weight excluding hydrogens is 186 g/mol. The second-order valence-electron chi connectivity index (χ2n) is 4.61. The van der Waals surface area contributed by atoms with E-state index < -0.39 is 0 Å². The van der Waals surface area contributed by atoms with Gasteiger partial charge in [-0.15, -0.1) is 6.58 Å². The van der Waals surface area contributed by atoms with E-state index in [1.165, 1.54) is 45.3 Å². The number of hydrogen-bond donors (Lipinski definition) is 1. The van der Waals surface area contributed by atoms with Gasteiger partial charge in [-0.2, -0.15) is 0 Å². The minimum absolute atomic E-state index is 0.359. The highest BCUT2D eigenvalue weighted by Crippen LogP contribution is 2.19. The van der Waals surface area contributed by atoms with E-state index in [9.17, 15) is 0 Å². The number of unbranched alkanes of at least 4 members (excludes halogenated alkanes) is 3. The fourth-order valence-electron chi connectivity index (χ4n) is 2.34. The van der Waals surface area contributed by atoms with Crippen molar-refractivity contribution < 1.29 is 5.11 Å². The van der Waals surface area contributed by atoms with Crippen LogP contribution in [0.1, 0.15) is 38.5 Å². The maximum atomic E-state index is 8.86. The van der Waals surface area contributed by atoms with Crippen LogP contribution in [0.25, 0.3) is 0 Å². The third kappa shape index (κ3) is 5.33. The van der Waals surface area contributed by atoms with Crippen LogP contribution >= 0.6 is 0 Å². The Morgan fingerprint density at radius 1 is 1.33 bits per heavy atom. The predicted octanol–water partition coefficient (Wildman–Crippen LogP) is 2.44. The van der Waals surface area contributed by atoms with Crippen LogP contribution < -0.4 is 0 Å². The third-order valence-electron chi connectivity index (χ3n) is 3.29. The molecule has 1 unspecified atom stereocenters. The van der Waals surface area contributed by atoms with Gasteiger partial charge in [0.15, 0.2) is 0 Å². The van der Waals surface area contributed by atoms with E-state index in [1.807, 2.05) is 6.08 Å². The van der Waals surface area contributed by atoms with Crippen molar-refractivity contribution in [3.05, 3.63) is 12.7 Å². The summed E-state index contributed by atoms with van der Waals surface area (Å²) in [7, 11) is 0. The molecule has 1 rings (SSSR count). The van der Waals surface area contributed by atoms with Crippen LogP contribution in [0.4, 0.5) is 0 Å². The monoisotopic (exact) mass is 211 g/mol. The van der Waals surface area contributed by atoms with Gasteiger partial charge >= 0.3 is 0 Å². The number of nitrogens with zero attached hydrogens (tertiary/aromatic N) is 1. The molecule has 0 aromatic carbocycles. The highest BCUT2D eigenvalue weighted by Gasteiger charge is 2.20. The maximum Gasteiger partial charge on any atom is 0.0434 e. The van der Waals surface area contributed by atoms with Gasteiger partial charge in [-0.1, -0.05) is 12.5 Å². The lowest BCUT2D eigenvalue weighted by Crippen LogP contribution is -2.22. The van der Waals surface area contributed by atoms with Crippen LogP contribution in [0.2, 0.25) is 0 Å². The fourth-order valence-corrected chi connectivity index (χ4v) is 2.34. The van der Waals surface area contributed by atoms with Gasteiger partial charge in [0.05, 0.1) is 0 Å². The van der Waals surface area contributed by atoms with Gasteiger partial charge in [-0.25, -0.2) is 0 Å². The summed E-state index contributed by atoms with van der Waals surface area (Å²) in [6, 6.07) is 0. The summed E-state index contributed by atoms with van der Waals surface area (Å²) < 4.78 is 0. The van der Waals surface area contributed by atoms with E-state index in [1.54, 1.807) is 0 Å². The zero-order valence-electron chi connectivity index (χ0n) is 9.83. The summed E-state index contributed by atoms with van der Waals surface area (Å²) in [4.78, 5) is 2.55. The molecule has 1 aliphatic heterocycles. The molecule has 1 aliphatic rings. The zero-order chi connectivity index (χ0) is 10.9. The molecule has 0 aromatic heterocycles. The van der Waals surface area contributed by atoms with Crippen molar-refractivity contribution in [2.24, 2.45) is 5.92 Å². The van der Waals surface area contributed by atoms with Crippen LogP contribution in [0.5, 0.6) is 0 Å². The topological polar surface area (TPSA) is 23.5 Å². The molecule has 0 aliphatic carbocycles. The van der Waals surface area contributed by atoms with Gasteiger partial charge in [0.2, 0.25) is 0 Å². The average molecular weight is 211 g/mol. The molecule has 1 atom stereocenters. The van der Waals surface area contributed by atoms with Crippen molar-refractivity contribution in [3.63, 3.8) is 0 Å². The number of aliphatic hydroxyl groups is 1. The summed E-state index contributed by atoms with van der Waals surface area (Å²) in [5, 5.41) is 8.86. The second kappa shape index (κ2) is 7.89. The van der Waals surface area contributed by atoms with Crippen molar-refractivity contribution in [2.45, 2.75) is 38.5 Å². The van der Waals surface area contributed by atoms with E-state index in [-0.39, 0.29) is 0 Å². The Morgan fingerprint density at radius 3 is 2.93 bits per heavy atom. The van der Waals surface area contributed by atoms with Crippen molar-refractivity contribution >= 4 is 0 Å². The molecule has 15 heavy (non-hydrogen) atoms. The molecule has 88 valence electrons. The van der Waals surface area contributed by atoms with Gasteiger partial charge in [0.25, 0.3) is 0 Å². The maximum absolute atomic E-state index is 8.86. The Labute approximate surface area is 94.0 Å². The Balaban J connectivity index is 1.96. The lowest BCUT2D eigenvalue weighted by atomic mass is 10.1. The molecule has 0 spiro atoms. The molecule has 0 bridgehead atoms. The van der Waals surface area contributed by atoms with Crippen LogP contribution in [0.3, 0.4) is 0 Å². The molecule has 1 fully saturated rings. The van der Waals surface area contributed by atoms with E-state index in [2.05, 4.69) is 11.5 Å². The first kappa shape index (κ1) is 12.7. The molecular formula is C13H25NO. The molecule has 0 saturated carbocycles. The Hall–Kier alpha value is -0.340.